The lowest BCUT2D eigenvalue weighted by molar-refractivity contribution is 0.0722. The maximum atomic E-state index is 10.4. The molecule has 0 bridgehead atoms. The molecule has 3 N–H and O–H groups in total. The SMILES string of the molecule is CN=C(NCC1(O)CCSC1)NC1CCN(C2CCCCC2)CC1.I. The van der Waals surface area contributed by atoms with E-state index in [1.165, 1.54) is 58.0 Å². The topological polar surface area (TPSA) is 59.9 Å². The van der Waals surface area contributed by atoms with Crippen LogP contribution in [0.2, 0.25) is 0 Å². The molecule has 25 heavy (non-hydrogen) atoms. The fourth-order valence-electron chi connectivity index (χ4n) is 4.23. The van der Waals surface area contributed by atoms with E-state index in [4.69, 9.17) is 0 Å². The van der Waals surface area contributed by atoms with Gasteiger partial charge in [0.15, 0.2) is 5.96 Å². The fraction of sp³-hybridized carbons (Fsp3) is 0.944. The molecule has 0 radical (unpaired) electrons. The van der Waals surface area contributed by atoms with Gasteiger partial charge in [0.05, 0.1) is 5.60 Å². The largest absolute Gasteiger partial charge is 0.387 e. The van der Waals surface area contributed by atoms with Crippen LogP contribution in [0.3, 0.4) is 0 Å². The van der Waals surface area contributed by atoms with Crippen LogP contribution in [0.4, 0.5) is 0 Å². The lowest BCUT2D eigenvalue weighted by Crippen LogP contribution is -2.53. The molecule has 0 aromatic rings. The number of nitrogens with zero attached hydrogens (tertiary/aromatic N) is 2. The molecule has 0 spiro atoms. The molecule has 0 aromatic carbocycles. The number of hydrogen-bond acceptors (Lipinski definition) is 4. The minimum atomic E-state index is -0.563. The second kappa shape index (κ2) is 10.6. The van der Waals surface area contributed by atoms with Crippen LogP contribution in [0.1, 0.15) is 51.4 Å². The van der Waals surface area contributed by atoms with E-state index >= 15 is 0 Å². The maximum Gasteiger partial charge on any atom is 0.191 e. The van der Waals surface area contributed by atoms with Crippen molar-refractivity contribution >= 4 is 41.7 Å². The minimum absolute atomic E-state index is 0. The predicted molar refractivity (Wildman–Crippen MR) is 118 cm³/mol. The Labute approximate surface area is 174 Å². The van der Waals surface area contributed by atoms with E-state index in [2.05, 4.69) is 20.5 Å². The third-order valence-corrected chi connectivity index (χ3v) is 7.09. The van der Waals surface area contributed by atoms with Crippen molar-refractivity contribution in [3.05, 3.63) is 0 Å². The Morgan fingerprint density at radius 3 is 2.52 bits per heavy atom. The van der Waals surface area contributed by atoms with Crippen LogP contribution in [0.25, 0.3) is 0 Å². The zero-order valence-corrected chi connectivity index (χ0v) is 18.7. The molecular formula is C18H35IN4OS. The summed E-state index contributed by atoms with van der Waals surface area (Å²) in [5.74, 6) is 2.73. The molecule has 1 saturated carbocycles. The van der Waals surface area contributed by atoms with Gasteiger partial charge in [0, 0.05) is 44.5 Å². The average molecular weight is 482 g/mol. The van der Waals surface area contributed by atoms with Gasteiger partial charge in [-0.15, -0.1) is 24.0 Å². The number of nitrogens with one attached hydrogen (secondary N) is 2. The highest BCUT2D eigenvalue weighted by Gasteiger charge is 2.32. The normalized spacial score (nSPS) is 30.1. The van der Waals surface area contributed by atoms with Crippen molar-refractivity contribution in [2.75, 3.05) is 38.2 Å². The molecule has 2 saturated heterocycles. The number of thioether (sulfide) groups is 1. The summed E-state index contributed by atoms with van der Waals surface area (Å²) < 4.78 is 0. The molecule has 1 unspecified atom stereocenters. The van der Waals surface area contributed by atoms with E-state index < -0.39 is 5.60 Å². The summed E-state index contributed by atoms with van der Waals surface area (Å²) in [6.45, 7) is 3.01. The van der Waals surface area contributed by atoms with Gasteiger partial charge >= 0.3 is 0 Å². The predicted octanol–water partition coefficient (Wildman–Crippen LogP) is 2.43. The van der Waals surface area contributed by atoms with Crippen molar-refractivity contribution in [1.29, 1.82) is 0 Å². The van der Waals surface area contributed by atoms with Gasteiger partial charge in [-0.2, -0.15) is 11.8 Å². The number of aliphatic hydroxyl groups is 1. The van der Waals surface area contributed by atoms with Gasteiger partial charge in [-0.05, 0) is 37.9 Å². The number of piperidine rings is 1. The lowest BCUT2D eigenvalue weighted by atomic mass is 9.92. The first-order chi connectivity index (χ1) is 11.7. The first kappa shape index (κ1) is 21.6. The lowest BCUT2D eigenvalue weighted by Gasteiger charge is -2.39. The Kier molecular flexibility index (Phi) is 9.11. The summed E-state index contributed by atoms with van der Waals surface area (Å²) in [7, 11) is 1.82. The van der Waals surface area contributed by atoms with Crippen molar-refractivity contribution in [1.82, 2.24) is 15.5 Å². The van der Waals surface area contributed by atoms with Gasteiger partial charge in [0.2, 0.25) is 0 Å². The van der Waals surface area contributed by atoms with Crippen LogP contribution in [0, 0.1) is 0 Å². The molecule has 3 aliphatic rings. The number of guanidine groups is 1. The molecule has 2 heterocycles. The maximum absolute atomic E-state index is 10.4. The fourth-order valence-corrected chi connectivity index (χ4v) is 5.52. The van der Waals surface area contributed by atoms with Gasteiger partial charge in [-0.1, -0.05) is 19.3 Å². The van der Waals surface area contributed by atoms with Crippen molar-refractivity contribution in [2.45, 2.75) is 69.1 Å². The van der Waals surface area contributed by atoms with E-state index in [9.17, 15) is 5.11 Å². The van der Waals surface area contributed by atoms with Crippen molar-refractivity contribution in [3.63, 3.8) is 0 Å². The molecule has 1 atom stereocenters. The van der Waals surface area contributed by atoms with Gasteiger partial charge < -0.3 is 20.6 Å². The van der Waals surface area contributed by atoms with Crippen molar-refractivity contribution in [2.24, 2.45) is 4.99 Å². The molecule has 0 amide bonds. The number of halogens is 1. The standard InChI is InChI=1S/C18H34N4OS.HI/c1-19-17(20-13-18(23)9-12-24-14-18)21-15-7-10-22(11-8-15)16-5-3-2-4-6-16;/h15-16,23H,2-14H2,1H3,(H2,19,20,21);1H. The van der Waals surface area contributed by atoms with Crippen molar-refractivity contribution in [3.8, 4) is 0 Å². The van der Waals surface area contributed by atoms with Gasteiger partial charge in [0.25, 0.3) is 0 Å². The van der Waals surface area contributed by atoms with Crippen LogP contribution in [-0.4, -0.2) is 71.8 Å². The van der Waals surface area contributed by atoms with E-state index in [0.29, 0.717) is 12.6 Å². The smallest absolute Gasteiger partial charge is 0.191 e. The zero-order chi connectivity index (χ0) is 16.8. The highest BCUT2D eigenvalue weighted by molar-refractivity contribution is 14.0. The summed E-state index contributed by atoms with van der Waals surface area (Å²) in [4.78, 5) is 7.06. The molecule has 3 rings (SSSR count). The van der Waals surface area contributed by atoms with Crippen LogP contribution in [0.5, 0.6) is 0 Å². The average Bonchev–Trinajstić information content (AvgIpc) is 3.07. The first-order valence-corrected chi connectivity index (χ1v) is 10.9. The van der Waals surface area contributed by atoms with Gasteiger partial charge in [-0.25, -0.2) is 0 Å². The van der Waals surface area contributed by atoms with E-state index in [-0.39, 0.29) is 24.0 Å². The van der Waals surface area contributed by atoms with Crippen LogP contribution < -0.4 is 10.6 Å². The highest BCUT2D eigenvalue weighted by Crippen LogP contribution is 2.27. The Hall–Kier alpha value is 0.270. The number of likely N-dealkylation sites (tertiary alicyclic amines) is 1. The molecule has 5 nitrogen and oxygen atoms in total. The summed E-state index contributed by atoms with van der Waals surface area (Å²) in [5, 5.41) is 17.3. The summed E-state index contributed by atoms with van der Waals surface area (Å²) in [5.41, 5.74) is -0.563. The summed E-state index contributed by atoms with van der Waals surface area (Å²) in [6.07, 6.45) is 10.3. The van der Waals surface area contributed by atoms with Gasteiger partial charge in [-0.3, -0.25) is 4.99 Å². The molecule has 2 aliphatic heterocycles. The number of aliphatic imine (C=N–C) groups is 1. The van der Waals surface area contributed by atoms with Crippen LogP contribution in [-0.2, 0) is 0 Å². The minimum Gasteiger partial charge on any atom is -0.387 e. The molecule has 7 heteroatoms. The third kappa shape index (κ3) is 6.43. The Morgan fingerprint density at radius 2 is 1.92 bits per heavy atom. The van der Waals surface area contributed by atoms with E-state index in [1.54, 1.807) is 0 Å². The third-order valence-electron chi connectivity index (χ3n) is 5.85. The first-order valence-electron chi connectivity index (χ1n) is 9.70. The quantitative estimate of drug-likeness (QED) is 0.327. The Bertz CT molecular complexity index is 417. The van der Waals surface area contributed by atoms with Crippen molar-refractivity contribution < 1.29 is 5.11 Å². The van der Waals surface area contributed by atoms with Crippen LogP contribution >= 0.6 is 35.7 Å². The molecule has 146 valence electrons. The summed E-state index contributed by atoms with van der Waals surface area (Å²) in [6, 6.07) is 1.34. The molecular weight excluding hydrogens is 447 g/mol. The second-order valence-electron chi connectivity index (χ2n) is 7.70. The van der Waals surface area contributed by atoms with E-state index in [0.717, 1.165) is 29.9 Å². The Balaban J connectivity index is 0.00000225. The highest BCUT2D eigenvalue weighted by atomic mass is 127. The number of hydrogen-bond donors (Lipinski definition) is 3. The monoisotopic (exact) mass is 482 g/mol. The molecule has 1 aliphatic carbocycles. The van der Waals surface area contributed by atoms with E-state index in [1.807, 2.05) is 18.8 Å². The van der Waals surface area contributed by atoms with Crippen LogP contribution in [0.15, 0.2) is 4.99 Å². The van der Waals surface area contributed by atoms with Gasteiger partial charge in [0.1, 0.15) is 0 Å². The second-order valence-corrected chi connectivity index (χ2v) is 8.80. The zero-order valence-electron chi connectivity index (χ0n) is 15.5. The summed E-state index contributed by atoms with van der Waals surface area (Å²) >= 11 is 1.83. The number of rotatable bonds is 4. The molecule has 3 fully saturated rings. The molecule has 0 aromatic heterocycles. The Morgan fingerprint density at radius 1 is 1.20 bits per heavy atom.